The fourth-order valence-electron chi connectivity index (χ4n) is 0.716. The highest BCUT2D eigenvalue weighted by molar-refractivity contribution is 7.87. The molecule has 0 unspecified atom stereocenters. The minimum absolute atomic E-state index is 0.153. The zero-order chi connectivity index (χ0) is 11.4. The van der Waals surface area contributed by atoms with Gasteiger partial charge in [0.05, 0.1) is 5.54 Å². The Balaban J connectivity index is 4.78. The minimum atomic E-state index is -3.48. The van der Waals surface area contributed by atoms with Crippen molar-refractivity contribution in [1.82, 2.24) is 9.03 Å². The van der Waals surface area contributed by atoms with Gasteiger partial charge in [-0.2, -0.15) is 17.4 Å². The van der Waals surface area contributed by atoms with Gasteiger partial charge in [0.25, 0.3) is 10.2 Å². The maximum atomic E-state index is 11.5. The number of halogens is 2. The molecule has 14 heavy (non-hydrogen) atoms. The molecule has 0 aromatic carbocycles. The number of alkyl halides is 2. The Morgan fingerprint density at radius 3 is 1.93 bits per heavy atom. The summed E-state index contributed by atoms with van der Waals surface area (Å²) >= 11 is 11.4. The van der Waals surface area contributed by atoms with Crippen molar-refractivity contribution in [2.75, 3.05) is 25.9 Å². The zero-order valence-corrected chi connectivity index (χ0v) is 10.9. The van der Waals surface area contributed by atoms with E-state index in [2.05, 4.69) is 4.72 Å². The lowest BCUT2D eigenvalue weighted by atomic mass is 10.0. The minimum Gasteiger partial charge on any atom is -0.195 e. The standard InChI is InChI=1S/C7H16Cl2N2O2S/c1-4-7(5-8,6-9)10-14(12,13)11(2)3/h10H,4-6H2,1-3H3. The average Bonchev–Trinajstić information content (AvgIpc) is 2.14. The van der Waals surface area contributed by atoms with Crippen LogP contribution < -0.4 is 4.72 Å². The molecule has 0 aliphatic heterocycles. The van der Waals surface area contributed by atoms with E-state index in [0.717, 1.165) is 4.31 Å². The first-order valence-corrected chi connectivity index (χ1v) is 6.68. The molecule has 0 saturated carbocycles. The van der Waals surface area contributed by atoms with Crippen LogP contribution in [0.3, 0.4) is 0 Å². The predicted octanol–water partition coefficient (Wildman–Crippen LogP) is 1.01. The largest absolute Gasteiger partial charge is 0.279 e. The summed E-state index contributed by atoms with van der Waals surface area (Å²) in [5.41, 5.74) is -0.758. The third-order valence-corrected chi connectivity index (χ3v) is 4.69. The van der Waals surface area contributed by atoms with Crippen LogP contribution in [-0.2, 0) is 10.2 Å². The van der Waals surface area contributed by atoms with Crippen LogP contribution in [0.1, 0.15) is 13.3 Å². The molecule has 86 valence electrons. The van der Waals surface area contributed by atoms with Gasteiger partial charge in [0, 0.05) is 25.9 Å². The molecule has 0 amide bonds. The maximum Gasteiger partial charge on any atom is 0.279 e. The number of nitrogens with one attached hydrogen (secondary N) is 1. The topological polar surface area (TPSA) is 49.4 Å². The molecule has 0 aliphatic rings. The number of rotatable bonds is 6. The van der Waals surface area contributed by atoms with Crippen molar-refractivity contribution in [2.45, 2.75) is 18.9 Å². The summed E-state index contributed by atoms with van der Waals surface area (Å²) in [6, 6.07) is 0. The van der Waals surface area contributed by atoms with Crippen LogP contribution in [0.2, 0.25) is 0 Å². The van der Waals surface area contributed by atoms with E-state index in [0.29, 0.717) is 6.42 Å². The van der Waals surface area contributed by atoms with Gasteiger partial charge in [-0.1, -0.05) is 6.92 Å². The average molecular weight is 263 g/mol. The van der Waals surface area contributed by atoms with E-state index in [1.165, 1.54) is 14.1 Å². The molecule has 0 heterocycles. The summed E-state index contributed by atoms with van der Waals surface area (Å²) < 4.78 is 26.6. The first-order chi connectivity index (χ1) is 6.33. The SMILES string of the molecule is CCC(CCl)(CCl)NS(=O)(=O)N(C)C. The molecule has 0 aliphatic carbocycles. The Bertz CT molecular complexity index is 255. The second kappa shape index (κ2) is 5.51. The van der Waals surface area contributed by atoms with Gasteiger partial charge in [0.1, 0.15) is 0 Å². The lowest BCUT2D eigenvalue weighted by Crippen LogP contribution is -2.54. The lowest BCUT2D eigenvalue weighted by molar-refractivity contribution is 0.423. The molecular weight excluding hydrogens is 247 g/mol. The smallest absolute Gasteiger partial charge is 0.195 e. The van der Waals surface area contributed by atoms with Crippen LogP contribution in [0.4, 0.5) is 0 Å². The Kier molecular flexibility index (Phi) is 5.69. The third kappa shape index (κ3) is 3.55. The van der Waals surface area contributed by atoms with E-state index in [9.17, 15) is 8.42 Å². The summed E-state index contributed by atoms with van der Waals surface area (Å²) in [6.45, 7) is 1.84. The van der Waals surface area contributed by atoms with Gasteiger partial charge in [-0.05, 0) is 6.42 Å². The zero-order valence-electron chi connectivity index (χ0n) is 8.55. The number of hydrogen-bond donors (Lipinski definition) is 1. The molecule has 0 fully saturated rings. The molecular formula is C7H16Cl2N2O2S. The van der Waals surface area contributed by atoms with E-state index in [4.69, 9.17) is 23.2 Å². The van der Waals surface area contributed by atoms with Gasteiger partial charge in [-0.15, -0.1) is 23.2 Å². The third-order valence-electron chi connectivity index (χ3n) is 2.01. The van der Waals surface area contributed by atoms with Crippen LogP contribution in [0.25, 0.3) is 0 Å². The predicted molar refractivity (Wildman–Crippen MR) is 60.2 cm³/mol. The molecule has 0 atom stereocenters. The molecule has 0 rings (SSSR count). The highest BCUT2D eigenvalue weighted by atomic mass is 35.5. The quantitative estimate of drug-likeness (QED) is 0.727. The number of nitrogens with zero attached hydrogens (tertiary/aromatic N) is 1. The fraction of sp³-hybridized carbons (Fsp3) is 1.00. The van der Waals surface area contributed by atoms with Crippen LogP contribution in [0.5, 0.6) is 0 Å². The van der Waals surface area contributed by atoms with E-state index in [-0.39, 0.29) is 11.8 Å². The van der Waals surface area contributed by atoms with Gasteiger partial charge in [-0.3, -0.25) is 0 Å². The lowest BCUT2D eigenvalue weighted by Gasteiger charge is -2.30. The summed E-state index contributed by atoms with van der Waals surface area (Å²) in [5, 5.41) is 0. The van der Waals surface area contributed by atoms with Crippen molar-refractivity contribution in [1.29, 1.82) is 0 Å². The van der Waals surface area contributed by atoms with Gasteiger partial charge < -0.3 is 0 Å². The molecule has 0 saturated heterocycles. The molecule has 4 nitrogen and oxygen atoms in total. The van der Waals surface area contributed by atoms with Gasteiger partial charge in [0.15, 0.2) is 0 Å². The summed E-state index contributed by atoms with van der Waals surface area (Å²) in [7, 11) is -0.578. The molecule has 0 aromatic heterocycles. The molecule has 7 heteroatoms. The molecule has 0 aromatic rings. The van der Waals surface area contributed by atoms with E-state index >= 15 is 0 Å². The summed E-state index contributed by atoms with van der Waals surface area (Å²) in [6.07, 6.45) is 0.549. The van der Waals surface area contributed by atoms with Crippen molar-refractivity contribution in [3.8, 4) is 0 Å². The first kappa shape index (κ1) is 14.5. The van der Waals surface area contributed by atoms with Crippen molar-refractivity contribution in [2.24, 2.45) is 0 Å². The molecule has 1 N–H and O–H groups in total. The van der Waals surface area contributed by atoms with Crippen molar-refractivity contribution in [3.05, 3.63) is 0 Å². The highest BCUT2D eigenvalue weighted by Crippen LogP contribution is 2.16. The van der Waals surface area contributed by atoms with Gasteiger partial charge >= 0.3 is 0 Å². The van der Waals surface area contributed by atoms with Gasteiger partial charge in [-0.25, -0.2) is 0 Å². The van der Waals surface area contributed by atoms with Crippen molar-refractivity contribution < 1.29 is 8.42 Å². The molecule has 0 spiro atoms. The van der Waals surface area contributed by atoms with E-state index < -0.39 is 15.7 Å². The van der Waals surface area contributed by atoms with Crippen molar-refractivity contribution in [3.63, 3.8) is 0 Å². The fourth-order valence-corrected chi connectivity index (χ4v) is 2.69. The second-order valence-corrected chi connectivity index (χ2v) is 5.71. The van der Waals surface area contributed by atoms with E-state index in [1.54, 1.807) is 0 Å². The molecule has 0 bridgehead atoms. The monoisotopic (exact) mass is 262 g/mol. The Morgan fingerprint density at radius 1 is 1.29 bits per heavy atom. The van der Waals surface area contributed by atoms with Crippen molar-refractivity contribution >= 4 is 33.4 Å². The van der Waals surface area contributed by atoms with Crippen LogP contribution in [-0.4, -0.2) is 44.1 Å². The summed E-state index contributed by atoms with van der Waals surface area (Å²) in [5.74, 6) is 0.306. The van der Waals surface area contributed by atoms with E-state index in [1.807, 2.05) is 6.92 Å². The Morgan fingerprint density at radius 2 is 1.71 bits per heavy atom. The number of hydrogen-bond acceptors (Lipinski definition) is 2. The maximum absolute atomic E-state index is 11.5. The summed E-state index contributed by atoms with van der Waals surface area (Å²) in [4.78, 5) is 0. The first-order valence-electron chi connectivity index (χ1n) is 4.17. The second-order valence-electron chi connectivity index (χ2n) is 3.29. The highest BCUT2D eigenvalue weighted by Gasteiger charge is 2.32. The van der Waals surface area contributed by atoms with Crippen LogP contribution >= 0.6 is 23.2 Å². The van der Waals surface area contributed by atoms with Crippen LogP contribution in [0, 0.1) is 0 Å². The van der Waals surface area contributed by atoms with Crippen LogP contribution in [0.15, 0.2) is 0 Å². The van der Waals surface area contributed by atoms with Gasteiger partial charge in [0.2, 0.25) is 0 Å². The normalized spacial score (nSPS) is 13.6. The molecule has 0 radical (unpaired) electrons. The Hall–Kier alpha value is 0.450. The Labute approximate surface area is 95.7 Å².